The van der Waals surface area contributed by atoms with Crippen LogP contribution < -0.4 is 15.8 Å². The molecule has 0 spiro atoms. The molecule has 1 aliphatic heterocycles. The number of carbonyl (C=O) groups excluding carboxylic acids is 1. The van der Waals surface area contributed by atoms with Crippen LogP contribution in [0.1, 0.15) is 25.6 Å². The molecule has 7 nitrogen and oxygen atoms in total. The van der Waals surface area contributed by atoms with Gasteiger partial charge in [0.1, 0.15) is 17.4 Å². The van der Waals surface area contributed by atoms with Crippen molar-refractivity contribution in [3.8, 4) is 11.5 Å². The Morgan fingerprint density at radius 2 is 2.19 bits per heavy atom. The molecule has 4 rings (SSSR count). The molecule has 1 amide bonds. The number of primary amides is 1. The number of rotatable bonds is 8. The summed E-state index contributed by atoms with van der Waals surface area (Å²) in [5.74, 6) is -0.835. The standard InChI is InChI=1S/C22H24F2N4O3/c1-13(22(25)29)26-11-21-27-18-6-5-15(31-20-7-4-14(23)9-17(20)24)10-19(18)28(21)12-16-3-2-8-30-16/h4-7,9-10,13,16,26H,2-3,8,11-12H2,1H3,(H2,25,29)/t13-,16-/m0/s1. The maximum atomic E-state index is 14.0. The van der Waals surface area contributed by atoms with Crippen molar-refractivity contribution in [3.05, 3.63) is 53.9 Å². The number of hydrogen-bond donors (Lipinski definition) is 2. The Labute approximate surface area is 178 Å². The van der Waals surface area contributed by atoms with E-state index in [1.807, 2.05) is 4.57 Å². The Hall–Kier alpha value is -3.04. The summed E-state index contributed by atoms with van der Waals surface area (Å²) in [6.07, 6.45) is 2.01. The normalized spacial score (nSPS) is 17.2. The molecule has 1 saturated heterocycles. The van der Waals surface area contributed by atoms with Crippen molar-refractivity contribution in [3.63, 3.8) is 0 Å². The van der Waals surface area contributed by atoms with Gasteiger partial charge in [-0.2, -0.15) is 0 Å². The number of carbonyl (C=O) groups is 1. The number of nitrogens with one attached hydrogen (secondary N) is 1. The lowest BCUT2D eigenvalue weighted by molar-refractivity contribution is -0.119. The quantitative estimate of drug-likeness (QED) is 0.573. The summed E-state index contributed by atoms with van der Waals surface area (Å²) in [7, 11) is 0. The van der Waals surface area contributed by atoms with Crippen LogP contribution in [0.4, 0.5) is 8.78 Å². The van der Waals surface area contributed by atoms with Crippen molar-refractivity contribution in [2.24, 2.45) is 5.73 Å². The van der Waals surface area contributed by atoms with E-state index in [2.05, 4.69) is 10.3 Å². The highest BCUT2D eigenvalue weighted by Crippen LogP contribution is 2.29. The molecule has 164 valence electrons. The first-order valence-corrected chi connectivity index (χ1v) is 10.2. The van der Waals surface area contributed by atoms with E-state index in [0.29, 0.717) is 18.8 Å². The van der Waals surface area contributed by atoms with Gasteiger partial charge in [0, 0.05) is 18.7 Å². The second-order valence-corrected chi connectivity index (χ2v) is 7.61. The number of nitrogens with zero attached hydrogens (tertiary/aromatic N) is 2. The van der Waals surface area contributed by atoms with Gasteiger partial charge in [-0.15, -0.1) is 0 Å². The lowest BCUT2D eigenvalue weighted by atomic mass is 10.2. The summed E-state index contributed by atoms with van der Waals surface area (Å²) >= 11 is 0. The number of benzene rings is 2. The van der Waals surface area contributed by atoms with E-state index in [9.17, 15) is 13.6 Å². The average Bonchev–Trinajstić information content (AvgIpc) is 3.36. The van der Waals surface area contributed by atoms with E-state index in [-0.39, 0.29) is 11.9 Å². The number of amides is 1. The monoisotopic (exact) mass is 430 g/mol. The molecule has 1 aliphatic rings. The molecule has 0 aliphatic carbocycles. The average molecular weight is 430 g/mol. The maximum absolute atomic E-state index is 14.0. The fraction of sp³-hybridized carbons (Fsp3) is 0.364. The van der Waals surface area contributed by atoms with Gasteiger partial charge in [0.05, 0.1) is 36.3 Å². The van der Waals surface area contributed by atoms with E-state index in [4.69, 9.17) is 15.2 Å². The zero-order chi connectivity index (χ0) is 22.0. The Balaban J connectivity index is 1.65. The minimum absolute atomic E-state index is 0.0591. The smallest absolute Gasteiger partial charge is 0.234 e. The van der Waals surface area contributed by atoms with Crippen LogP contribution in [-0.2, 0) is 22.6 Å². The first-order valence-electron chi connectivity index (χ1n) is 10.2. The van der Waals surface area contributed by atoms with Crippen molar-refractivity contribution in [1.29, 1.82) is 0 Å². The number of aromatic nitrogens is 2. The molecule has 1 aromatic heterocycles. The molecule has 9 heteroatoms. The van der Waals surface area contributed by atoms with Crippen LogP contribution in [0, 0.1) is 11.6 Å². The topological polar surface area (TPSA) is 91.4 Å². The Bertz CT molecular complexity index is 1100. The third-order valence-corrected chi connectivity index (χ3v) is 5.32. The summed E-state index contributed by atoms with van der Waals surface area (Å²) in [5, 5.41) is 3.08. The summed E-state index contributed by atoms with van der Waals surface area (Å²) in [5.41, 5.74) is 6.86. The Kier molecular flexibility index (Phi) is 6.15. The minimum Gasteiger partial charge on any atom is -0.454 e. The second-order valence-electron chi connectivity index (χ2n) is 7.61. The van der Waals surface area contributed by atoms with Crippen molar-refractivity contribution >= 4 is 16.9 Å². The molecular weight excluding hydrogens is 406 g/mol. The summed E-state index contributed by atoms with van der Waals surface area (Å²) in [4.78, 5) is 16.0. The van der Waals surface area contributed by atoms with Gasteiger partial charge in [0.2, 0.25) is 5.91 Å². The maximum Gasteiger partial charge on any atom is 0.234 e. The third-order valence-electron chi connectivity index (χ3n) is 5.32. The first kappa shape index (κ1) is 21.2. The zero-order valence-electron chi connectivity index (χ0n) is 17.1. The molecule has 0 radical (unpaired) electrons. The predicted molar refractivity (Wildman–Crippen MR) is 111 cm³/mol. The Morgan fingerprint density at radius 3 is 2.90 bits per heavy atom. The van der Waals surface area contributed by atoms with Gasteiger partial charge in [0.15, 0.2) is 11.6 Å². The molecule has 3 aromatic rings. The molecule has 2 aromatic carbocycles. The highest BCUT2D eigenvalue weighted by atomic mass is 19.1. The van der Waals surface area contributed by atoms with E-state index in [1.165, 1.54) is 6.07 Å². The number of halogens is 2. The van der Waals surface area contributed by atoms with Gasteiger partial charge >= 0.3 is 0 Å². The van der Waals surface area contributed by atoms with Crippen LogP contribution >= 0.6 is 0 Å². The predicted octanol–water partition coefficient (Wildman–Crippen LogP) is 3.25. The summed E-state index contributed by atoms with van der Waals surface area (Å²) in [6.45, 7) is 3.35. The van der Waals surface area contributed by atoms with E-state index >= 15 is 0 Å². The number of fused-ring (bicyclic) bond motifs is 1. The van der Waals surface area contributed by atoms with Gasteiger partial charge in [-0.05, 0) is 44.0 Å². The first-order chi connectivity index (χ1) is 14.9. The number of ether oxygens (including phenoxy) is 2. The van der Waals surface area contributed by atoms with Crippen molar-refractivity contribution in [2.75, 3.05) is 6.61 Å². The van der Waals surface area contributed by atoms with Crippen molar-refractivity contribution < 1.29 is 23.0 Å². The molecule has 0 unspecified atom stereocenters. The molecule has 2 atom stereocenters. The van der Waals surface area contributed by atoms with Crippen LogP contribution in [0.25, 0.3) is 11.0 Å². The zero-order valence-corrected chi connectivity index (χ0v) is 17.1. The second kappa shape index (κ2) is 8.99. The number of imidazole rings is 1. The fourth-order valence-corrected chi connectivity index (χ4v) is 3.58. The van der Waals surface area contributed by atoms with Crippen LogP contribution in [0.3, 0.4) is 0 Å². The van der Waals surface area contributed by atoms with Crippen LogP contribution in [0.15, 0.2) is 36.4 Å². The van der Waals surface area contributed by atoms with Crippen molar-refractivity contribution in [2.45, 2.75) is 45.0 Å². The van der Waals surface area contributed by atoms with E-state index in [1.54, 1.807) is 25.1 Å². The van der Waals surface area contributed by atoms with E-state index < -0.39 is 23.6 Å². The lowest BCUT2D eigenvalue weighted by Gasteiger charge is -2.16. The number of nitrogens with two attached hydrogens (primary N) is 1. The molecule has 0 saturated carbocycles. The van der Waals surface area contributed by atoms with E-state index in [0.717, 1.165) is 48.4 Å². The molecule has 1 fully saturated rings. The van der Waals surface area contributed by atoms with Crippen LogP contribution in [-0.4, -0.2) is 34.2 Å². The van der Waals surface area contributed by atoms with Gasteiger partial charge in [-0.25, -0.2) is 13.8 Å². The number of hydrogen-bond acceptors (Lipinski definition) is 5. The highest BCUT2D eigenvalue weighted by Gasteiger charge is 2.21. The molecule has 0 bridgehead atoms. The van der Waals surface area contributed by atoms with Gasteiger partial charge in [-0.3, -0.25) is 10.1 Å². The SMILES string of the molecule is C[C@H](NCc1nc2ccc(Oc3ccc(F)cc3F)cc2n1C[C@@H]1CCCO1)C(N)=O. The van der Waals surface area contributed by atoms with Crippen LogP contribution in [0.5, 0.6) is 11.5 Å². The summed E-state index contributed by atoms with van der Waals surface area (Å²) in [6, 6.07) is 7.88. The fourth-order valence-electron chi connectivity index (χ4n) is 3.58. The molecule has 3 N–H and O–H groups in total. The minimum atomic E-state index is -0.779. The largest absolute Gasteiger partial charge is 0.454 e. The molecule has 2 heterocycles. The van der Waals surface area contributed by atoms with Gasteiger partial charge < -0.3 is 19.8 Å². The molecule has 31 heavy (non-hydrogen) atoms. The Morgan fingerprint density at radius 1 is 1.35 bits per heavy atom. The highest BCUT2D eigenvalue weighted by molar-refractivity contribution is 5.79. The van der Waals surface area contributed by atoms with Gasteiger partial charge in [0.25, 0.3) is 0 Å². The van der Waals surface area contributed by atoms with Crippen LogP contribution in [0.2, 0.25) is 0 Å². The lowest BCUT2D eigenvalue weighted by Crippen LogP contribution is -2.38. The summed E-state index contributed by atoms with van der Waals surface area (Å²) < 4.78 is 40.6. The molecular formula is C22H24F2N4O3. The van der Waals surface area contributed by atoms with Crippen molar-refractivity contribution in [1.82, 2.24) is 14.9 Å². The van der Waals surface area contributed by atoms with Gasteiger partial charge in [-0.1, -0.05) is 0 Å². The third kappa shape index (κ3) is 4.83.